The van der Waals surface area contributed by atoms with Crippen LogP contribution in [-0.4, -0.2) is 18.5 Å². The molecule has 1 unspecified atom stereocenters. The van der Waals surface area contributed by atoms with Crippen LogP contribution in [0.2, 0.25) is 5.02 Å². The molecule has 0 aliphatic rings. The number of amides is 1. The minimum absolute atomic E-state index is 0.0778. The Morgan fingerprint density at radius 1 is 1.42 bits per heavy atom. The highest BCUT2D eigenvalue weighted by atomic mass is 35.5. The van der Waals surface area contributed by atoms with Gasteiger partial charge in [0.15, 0.2) is 0 Å². The molecule has 2 N–H and O–H groups in total. The number of alkyl halides is 3. The molecule has 1 rings (SSSR count). The molecular weight excluding hydrogens is 281 g/mol. The van der Waals surface area contributed by atoms with Crippen LogP contribution in [-0.2, 0) is 11.0 Å². The van der Waals surface area contributed by atoms with Crippen LogP contribution in [0.3, 0.4) is 0 Å². The summed E-state index contributed by atoms with van der Waals surface area (Å²) in [6, 6.07) is 2.65. The maximum absolute atomic E-state index is 12.8. The van der Waals surface area contributed by atoms with Crippen molar-refractivity contribution < 1.29 is 18.0 Å². The average molecular weight is 295 g/mol. The van der Waals surface area contributed by atoms with Crippen LogP contribution in [0.15, 0.2) is 18.2 Å². The third-order valence-electron chi connectivity index (χ3n) is 2.42. The number of likely N-dealkylation sites (N-methyl/N-ethyl adjacent to an activating group) is 1. The second-order valence-electron chi connectivity index (χ2n) is 3.92. The zero-order valence-corrected chi connectivity index (χ0v) is 11.2. The van der Waals surface area contributed by atoms with E-state index in [1.807, 2.05) is 0 Å². The summed E-state index contributed by atoms with van der Waals surface area (Å²) in [5.74, 6) is -0.393. The standard InChI is InChI=1S/C12H14ClF3N2O/c1-3-17-11(19)7(2)18-10-8(12(14,15)16)5-4-6-9(10)13/h4-7,18H,3H2,1-2H3,(H,17,19). The fraction of sp³-hybridized carbons (Fsp3) is 0.417. The van der Waals surface area contributed by atoms with Crippen molar-refractivity contribution in [3.05, 3.63) is 28.8 Å². The van der Waals surface area contributed by atoms with Crippen LogP contribution in [0, 0.1) is 0 Å². The molecule has 7 heteroatoms. The maximum Gasteiger partial charge on any atom is 0.418 e. The summed E-state index contributed by atoms with van der Waals surface area (Å²) in [5.41, 5.74) is -1.17. The van der Waals surface area contributed by atoms with E-state index in [9.17, 15) is 18.0 Å². The maximum atomic E-state index is 12.8. The van der Waals surface area contributed by atoms with Crippen molar-refractivity contribution in [2.24, 2.45) is 0 Å². The van der Waals surface area contributed by atoms with Gasteiger partial charge in [-0.2, -0.15) is 13.2 Å². The van der Waals surface area contributed by atoms with E-state index < -0.39 is 23.7 Å². The van der Waals surface area contributed by atoms with Crippen LogP contribution in [0.1, 0.15) is 19.4 Å². The van der Waals surface area contributed by atoms with Crippen LogP contribution >= 0.6 is 11.6 Å². The molecule has 0 aliphatic heterocycles. The summed E-state index contributed by atoms with van der Waals surface area (Å²) in [7, 11) is 0. The summed E-state index contributed by atoms with van der Waals surface area (Å²) in [6.07, 6.45) is -4.53. The van der Waals surface area contributed by atoms with Gasteiger partial charge in [-0.25, -0.2) is 0 Å². The van der Waals surface area contributed by atoms with Crippen molar-refractivity contribution >= 4 is 23.2 Å². The van der Waals surface area contributed by atoms with Crippen molar-refractivity contribution in [2.75, 3.05) is 11.9 Å². The summed E-state index contributed by atoms with van der Waals surface area (Å²) in [4.78, 5) is 11.5. The number of carbonyl (C=O) groups excluding carboxylic acids is 1. The second-order valence-corrected chi connectivity index (χ2v) is 4.33. The molecule has 1 aromatic carbocycles. The van der Waals surface area contributed by atoms with Gasteiger partial charge in [-0.3, -0.25) is 4.79 Å². The van der Waals surface area contributed by atoms with Crippen LogP contribution < -0.4 is 10.6 Å². The van der Waals surface area contributed by atoms with E-state index in [-0.39, 0.29) is 10.7 Å². The third kappa shape index (κ3) is 4.02. The Kier molecular flexibility index (Phi) is 5.05. The number of anilines is 1. The zero-order valence-electron chi connectivity index (χ0n) is 10.4. The summed E-state index contributed by atoms with van der Waals surface area (Å²) >= 11 is 5.77. The molecule has 1 amide bonds. The molecular formula is C12H14ClF3N2O. The van der Waals surface area contributed by atoms with E-state index in [1.54, 1.807) is 6.92 Å². The van der Waals surface area contributed by atoms with E-state index in [1.165, 1.54) is 19.1 Å². The summed E-state index contributed by atoms with van der Waals surface area (Å²) in [5, 5.41) is 4.95. The number of benzene rings is 1. The van der Waals surface area contributed by atoms with Gasteiger partial charge in [-0.15, -0.1) is 0 Å². The first-order chi connectivity index (χ1) is 8.77. The zero-order chi connectivity index (χ0) is 14.6. The SMILES string of the molecule is CCNC(=O)C(C)Nc1c(Cl)cccc1C(F)(F)F. The molecule has 0 fully saturated rings. The number of para-hydroxylation sites is 1. The number of nitrogens with one attached hydrogen (secondary N) is 2. The highest BCUT2D eigenvalue weighted by molar-refractivity contribution is 6.33. The molecule has 3 nitrogen and oxygen atoms in total. The lowest BCUT2D eigenvalue weighted by Crippen LogP contribution is -2.37. The molecule has 0 spiro atoms. The van der Waals surface area contributed by atoms with Crippen molar-refractivity contribution in [3.8, 4) is 0 Å². The molecule has 0 radical (unpaired) electrons. The van der Waals surface area contributed by atoms with E-state index in [0.29, 0.717) is 6.54 Å². The lowest BCUT2D eigenvalue weighted by atomic mass is 10.1. The van der Waals surface area contributed by atoms with Gasteiger partial charge < -0.3 is 10.6 Å². The molecule has 0 aliphatic carbocycles. The van der Waals surface area contributed by atoms with Gasteiger partial charge in [0, 0.05) is 6.54 Å². The minimum Gasteiger partial charge on any atom is -0.372 e. The lowest BCUT2D eigenvalue weighted by Gasteiger charge is -2.19. The molecule has 0 aromatic heterocycles. The summed E-state index contributed by atoms with van der Waals surface area (Å²) in [6.45, 7) is 3.59. The molecule has 1 aromatic rings. The number of rotatable bonds is 4. The van der Waals surface area contributed by atoms with Gasteiger partial charge in [0.2, 0.25) is 5.91 Å². The highest BCUT2D eigenvalue weighted by Gasteiger charge is 2.34. The quantitative estimate of drug-likeness (QED) is 0.894. The van der Waals surface area contributed by atoms with Gasteiger partial charge >= 0.3 is 6.18 Å². The molecule has 0 saturated heterocycles. The van der Waals surface area contributed by atoms with E-state index in [4.69, 9.17) is 11.6 Å². The monoisotopic (exact) mass is 294 g/mol. The first-order valence-electron chi connectivity index (χ1n) is 5.67. The van der Waals surface area contributed by atoms with E-state index >= 15 is 0 Å². The Hall–Kier alpha value is -1.43. The topological polar surface area (TPSA) is 41.1 Å². The van der Waals surface area contributed by atoms with Crippen LogP contribution in [0.25, 0.3) is 0 Å². The predicted octanol–water partition coefficient (Wildman–Crippen LogP) is 3.30. The lowest BCUT2D eigenvalue weighted by molar-refractivity contribution is -0.137. The predicted molar refractivity (Wildman–Crippen MR) is 68.2 cm³/mol. The van der Waals surface area contributed by atoms with E-state index in [0.717, 1.165) is 6.07 Å². The van der Waals surface area contributed by atoms with Gasteiger partial charge in [0.25, 0.3) is 0 Å². The first kappa shape index (κ1) is 15.6. The van der Waals surface area contributed by atoms with E-state index in [2.05, 4.69) is 10.6 Å². The Morgan fingerprint density at radius 3 is 2.58 bits per heavy atom. The van der Waals surface area contributed by atoms with Gasteiger partial charge in [-0.05, 0) is 26.0 Å². The Bertz CT molecular complexity index is 463. The molecule has 19 heavy (non-hydrogen) atoms. The molecule has 1 atom stereocenters. The summed E-state index contributed by atoms with van der Waals surface area (Å²) < 4.78 is 38.5. The Labute approximate surface area is 114 Å². The Morgan fingerprint density at radius 2 is 2.05 bits per heavy atom. The minimum atomic E-state index is -4.53. The number of hydrogen-bond acceptors (Lipinski definition) is 2. The average Bonchev–Trinajstić information content (AvgIpc) is 2.30. The first-order valence-corrected chi connectivity index (χ1v) is 6.05. The Balaban J connectivity index is 3.03. The second kappa shape index (κ2) is 6.14. The van der Waals surface area contributed by atoms with Crippen molar-refractivity contribution in [2.45, 2.75) is 26.1 Å². The van der Waals surface area contributed by atoms with Gasteiger partial charge in [-0.1, -0.05) is 17.7 Å². The number of hydrogen-bond donors (Lipinski definition) is 2. The van der Waals surface area contributed by atoms with Crippen molar-refractivity contribution in [3.63, 3.8) is 0 Å². The molecule has 106 valence electrons. The normalized spacial score (nSPS) is 12.9. The van der Waals surface area contributed by atoms with Gasteiger partial charge in [0.1, 0.15) is 6.04 Å². The number of halogens is 4. The van der Waals surface area contributed by atoms with Gasteiger partial charge in [0.05, 0.1) is 16.3 Å². The van der Waals surface area contributed by atoms with Crippen molar-refractivity contribution in [1.29, 1.82) is 0 Å². The molecule has 0 bridgehead atoms. The van der Waals surface area contributed by atoms with Crippen molar-refractivity contribution in [1.82, 2.24) is 5.32 Å². The third-order valence-corrected chi connectivity index (χ3v) is 2.74. The number of carbonyl (C=O) groups is 1. The smallest absolute Gasteiger partial charge is 0.372 e. The highest BCUT2D eigenvalue weighted by Crippen LogP contribution is 2.38. The fourth-order valence-electron chi connectivity index (χ4n) is 1.52. The fourth-order valence-corrected chi connectivity index (χ4v) is 1.75. The largest absolute Gasteiger partial charge is 0.418 e. The van der Waals surface area contributed by atoms with Crippen LogP contribution in [0.4, 0.5) is 18.9 Å². The molecule has 0 heterocycles. The van der Waals surface area contributed by atoms with Crippen LogP contribution in [0.5, 0.6) is 0 Å². The molecule has 0 saturated carbocycles.